The van der Waals surface area contributed by atoms with Crippen LogP contribution in [0.25, 0.3) is 0 Å². The Kier molecular flexibility index (Phi) is 3.58. The third-order valence-corrected chi connectivity index (χ3v) is 2.89. The van der Waals surface area contributed by atoms with Crippen LogP contribution in [0.1, 0.15) is 16.1 Å². The quantitative estimate of drug-likeness (QED) is 0.893. The van der Waals surface area contributed by atoms with Crippen LogP contribution in [0.5, 0.6) is 0 Å². The van der Waals surface area contributed by atoms with Crippen LogP contribution in [-0.4, -0.2) is 15.6 Å². The van der Waals surface area contributed by atoms with Gasteiger partial charge in [-0.1, -0.05) is 23.7 Å². The van der Waals surface area contributed by atoms with E-state index in [1.54, 1.807) is 23.9 Å². The normalized spacial score (nSPS) is 10.3. The zero-order valence-corrected chi connectivity index (χ0v) is 10.6. The first kappa shape index (κ1) is 12.5. The number of rotatable bonds is 4. The molecule has 0 atom stereocenters. The van der Waals surface area contributed by atoms with Crippen LogP contribution in [0, 0.1) is 0 Å². The highest BCUT2D eigenvalue weighted by molar-refractivity contribution is 6.30. The first-order valence-electron chi connectivity index (χ1n) is 5.44. The lowest BCUT2D eigenvalue weighted by atomic mass is 10.2. The Balaban J connectivity index is 2.04. The molecule has 1 heterocycles. The maximum atomic E-state index is 10.9. The van der Waals surface area contributed by atoms with E-state index in [1.807, 2.05) is 24.3 Å². The van der Waals surface area contributed by atoms with Gasteiger partial charge in [0.15, 0.2) is 0 Å². The van der Waals surface area contributed by atoms with Crippen molar-refractivity contribution in [2.45, 2.75) is 6.54 Å². The number of aromatic nitrogens is 1. The van der Waals surface area contributed by atoms with Crippen molar-refractivity contribution >= 4 is 23.3 Å². The molecule has 2 N–H and O–H groups in total. The van der Waals surface area contributed by atoms with E-state index in [4.69, 9.17) is 16.7 Å². The highest BCUT2D eigenvalue weighted by Crippen LogP contribution is 2.15. The molecule has 0 aliphatic rings. The van der Waals surface area contributed by atoms with Gasteiger partial charge in [0.1, 0.15) is 5.69 Å². The topological polar surface area (TPSA) is 54.3 Å². The zero-order valence-electron chi connectivity index (χ0n) is 9.85. The molecule has 0 amide bonds. The Morgan fingerprint density at radius 1 is 1.39 bits per heavy atom. The Morgan fingerprint density at radius 2 is 2.06 bits per heavy atom. The van der Waals surface area contributed by atoms with Crippen molar-refractivity contribution in [3.8, 4) is 0 Å². The first-order chi connectivity index (χ1) is 8.56. The summed E-state index contributed by atoms with van der Waals surface area (Å²) in [6, 6.07) is 9.11. The van der Waals surface area contributed by atoms with E-state index in [9.17, 15) is 4.79 Å². The molecule has 1 aromatic heterocycles. The summed E-state index contributed by atoms with van der Waals surface area (Å²) in [5.41, 5.74) is 2.12. The predicted octanol–water partition coefficient (Wildman–Crippen LogP) is 2.99. The highest BCUT2D eigenvalue weighted by Gasteiger charge is 2.09. The third-order valence-electron chi connectivity index (χ3n) is 2.63. The molecule has 0 bridgehead atoms. The molecule has 5 heteroatoms. The summed E-state index contributed by atoms with van der Waals surface area (Å²) in [6.45, 7) is 0.625. The second kappa shape index (κ2) is 5.14. The number of carboxylic acid groups (broad SMARTS) is 1. The summed E-state index contributed by atoms with van der Waals surface area (Å²) in [4.78, 5) is 10.9. The Hall–Kier alpha value is -1.94. The molecule has 18 heavy (non-hydrogen) atoms. The molecule has 0 aliphatic heterocycles. The lowest BCUT2D eigenvalue weighted by Crippen LogP contribution is -2.02. The van der Waals surface area contributed by atoms with Gasteiger partial charge in [-0.15, -0.1) is 0 Å². The zero-order chi connectivity index (χ0) is 13.1. The van der Waals surface area contributed by atoms with E-state index in [0.29, 0.717) is 11.6 Å². The van der Waals surface area contributed by atoms with Gasteiger partial charge in [0.2, 0.25) is 0 Å². The van der Waals surface area contributed by atoms with Crippen LogP contribution in [0.15, 0.2) is 36.5 Å². The van der Waals surface area contributed by atoms with Gasteiger partial charge in [-0.05, 0) is 23.8 Å². The molecular weight excluding hydrogens is 252 g/mol. The number of aryl methyl sites for hydroxylation is 1. The van der Waals surface area contributed by atoms with E-state index >= 15 is 0 Å². The minimum atomic E-state index is -0.933. The van der Waals surface area contributed by atoms with Crippen molar-refractivity contribution in [2.24, 2.45) is 7.05 Å². The largest absolute Gasteiger partial charge is 0.477 e. The number of carboxylic acids is 1. The number of nitrogens with zero attached hydrogens (tertiary/aromatic N) is 1. The number of anilines is 1. The average molecular weight is 265 g/mol. The molecule has 0 saturated heterocycles. The van der Waals surface area contributed by atoms with Gasteiger partial charge < -0.3 is 15.0 Å². The van der Waals surface area contributed by atoms with Gasteiger partial charge in [0, 0.05) is 24.8 Å². The fourth-order valence-electron chi connectivity index (χ4n) is 1.68. The molecular formula is C13H13ClN2O2. The van der Waals surface area contributed by atoms with Gasteiger partial charge in [-0.25, -0.2) is 4.79 Å². The van der Waals surface area contributed by atoms with Crippen molar-refractivity contribution in [1.29, 1.82) is 0 Å². The van der Waals surface area contributed by atoms with Crippen molar-refractivity contribution in [3.05, 3.63) is 52.8 Å². The van der Waals surface area contributed by atoms with Crippen LogP contribution in [0.3, 0.4) is 0 Å². The molecule has 1 aromatic carbocycles. The number of halogens is 1. The fourth-order valence-corrected chi connectivity index (χ4v) is 1.81. The van der Waals surface area contributed by atoms with E-state index < -0.39 is 5.97 Å². The van der Waals surface area contributed by atoms with Crippen LogP contribution in [-0.2, 0) is 13.6 Å². The van der Waals surface area contributed by atoms with Crippen molar-refractivity contribution in [2.75, 3.05) is 5.32 Å². The maximum absolute atomic E-state index is 10.9. The molecule has 0 unspecified atom stereocenters. The molecule has 4 nitrogen and oxygen atoms in total. The SMILES string of the molecule is Cn1cc(NCc2ccc(Cl)cc2)cc1C(=O)O. The van der Waals surface area contributed by atoms with Gasteiger partial charge in [-0.2, -0.15) is 0 Å². The molecule has 0 saturated carbocycles. The maximum Gasteiger partial charge on any atom is 0.352 e. The third kappa shape index (κ3) is 2.84. The fraction of sp³-hybridized carbons (Fsp3) is 0.154. The lowest BCUT2D eigenvalue weighted by molar-refractivity contribution is 0.0686. The van der Waals surface area contributed by atoms with E-state index in [0.717, 1.165) is 11.3 Å². The summed E-state index contributed by atoms with van der Waals surface area (Å²) in [5.74, 6) is -0.933. The van der Waals surface area contributed by atoms with Crippen LogP contribution in [0.2, 0.25) is 5.02 Å². The van der Waals surface area contributed by atoms with Gasteiger partial charge in [0.25, 0.3) is 0 Å². The Morgan fingerprint density at radius 3 is 2.61 bits per heavy atom. The van der Waals surface area contributed by atoms with Gasteiger partial charge in [0.05, 0.1) is 5.69 Å². The number of carbonyl (C=O) groups is 1. The Bertz CT molecular complexity index is 561. The van der Waals surface area contributed by atoms with Crippen LogP contribution < -0.4 is 5.32 Å². The smallest absolute Gasteiger partial charge is 0.352 e. The Labute approximate surface area is 110 Å². The molecule has 2 aromatic rings. The summed E-state index contributed by atoms with van der Waals surface area (Å²) >= 11 is 5.80. The summed E-state index contributed by atoms with van der Waals surface area (Å²) in [7, 11) is 1.71. The van der Waals surface area contributed by atoms with Gasteiger partial charge in [-0.3, -0.25) is 0 Å². The van der Waals surface area contributed by atoms with Crippen LogP contribution >= 0.6 is 11.6 Å². The van der Waals surface area contributed by atoms with Crippen molar-refractivity contribution in [3.63, 3.8) is 0 Å². The molecule has 2 rings (SSSR count). The standard InChI is InChI=1S/C13H13ClN2O2/c1-16-8-11(6-12(16)13(17)18)15-7-9-2-4-10(14)5-3-9/h2-6,8,15H,7H2,1H3,(H,17,18). The van der Waals surface area contributed by atoms with E-state index in [2.05, 4.69) is 5.32 Å². The molecule has 0 spiro atoms. The highest BCUT2D eigenvalue weighted by atomic mass is 35.5. The van der Waals surface area contributed by atoms with Gasteiger partial charge >= 0.3 is 5.97 Å². The summed E-state index contributed by atoms with van der Waals surface area (Å²) in [6.07, 6.45) is 1.75. The summed E-state index contributed by atoms with van der Waals surface area (Å²) < 4.78 is 1.58. The number of aromatic carboxylic acids is 1. The van der Waals surface area contributed by atoms with Crippen molar-refractivity contribution in [1.82, 2.24) is 4.57 Å². The second-order valence-electron chi connectivity index (χ2n) is 4.01. The molecule has 0 fully saturated rings. The average Bonchev–Trinajstić information content (AvgIpc) is 2.70. The number of hydrogen-bond acceptors (Lipinski definition) is 2. The predicted molar refractivity (Wildman–Crippen MR) is 71.2 cm³/mol. The lowest BCUT2D eigenvalue weighted by Gasteiger charge is -2.03. The van der Waals surface area contributed by atoms with E-state index in [1.165, 1.54) is 0 Å². The summed E-state index contributed by atoms with van der Waals surface area (Å²) in [5, 5.41) is 12.8. The minimum Gasteiger partial charge on any atom is -0.477 e. The van der Waals surface area contributed by atoms with Crippen molar-refractivity contribution < 1.29 is 9.90 Å². The van der Waals surface area contributed by atoms with Crippen LogP contribution in [0.4, 0.5) is 5.69 Å². The second-order valence-corrected chi connectivity index (χ2v) is 4.45. The number of nitrogens with one attached hydrogen (secondary N) is 1. The molecule has 0 radical (unpaired) electrons. The monoisotopic (exact) mass is 264 g/mol. The number of hydrogen-bond donors (Lipinski definition) is 2. The van der Waals surface area contributed by atoms with E-state index in [-0.39, 0.29) is 5.69 Å². The molecule has 0 aliphatic carbocycles. The minimum absolute atomic E-state index is 0.258. The number of benzene rings is 1. The first-order valence-corrected chi connectivity index (χ1v) is 5.82. The molecule has 94 valence electrons.